The van der Waals surface area contributed by atoms with Gasteiger partial charge in [0.1, 0.15) is 23.9 Å². The number of para-hydroxylation sites is 1. The molecule has 0 aliphatic rings. The molecule has 0 amide bonds. The van der Waals surface area contributed by atoms with Gasteiger partial charge in [-0.3, -0.25) is 0 Å². The normalized spacial score (nSPS) is 11.9. The van der Waals surface area contributed by atoms with Gasteiger partial charge in [-0.05, 0) is 49.9 Å². The maximum Gasteiger partial charge on any atom is 0.127 e. The zero-order valence-electron chi connectivity index (χ0n) is 12.7. The van der Waals surface area contributed by atoms with E-state index in [-0.39, 0.29) is 0 Å². The molecule has 0 fully saturated rings. The van der Waals surface area contributed by atoms with Gasteiger partial charge < -0.3 is 14.8 Å². The second-order valence-corrected chi connectivity index (χ2v) is 4.97. The fourth-order valence-electron chi connectivity index (χ4n) is 2.08. The topological polar surface area (TPSA) is 30.5 Å². The highest BCUT2D eigenvalue weighted by molar-refractivity contribution is 5.35. The van der Waals surface area contributed by atoms with Gasteiger partial charge >= 0.3 is 0 Å². The van der Waals surface area contributed by atoms with Gasteiger partial charge in [0.25, 0.3) is 0 Å². The van der Waals surface area contributed by atoms with Gasteiger partial charge in [0.15, 0.2) is 0 Å². The van der Waals surface area contributed by atoms with E-state index in [0.29, 0.717) is 12.6 Å². The summed E-state index contributed by atoms with van der Waals surface area (Å²) in [4.78, 5) is 0. The van der Waals surface area contributed by atoms with Crippen molar-refractivity contribution in [2.24, 2.45) is 0 Å². The second-order valence-electron chi connectivity index (χ2n) is 4.97. The van der Waals surface area contributed by atoms with Crippen molar-refractivity contribution in [3.63, 3.8) is 0 Å². The highest BCUT2D eigenvalue weighted by atomic mass is 16.5. The summed E-state index contributed by atoms with van der Waals surface area (Å²) in [5, 5.41) is 3.27. The summed E-state index contributed by atoms with van der Waals surface area (Å²) >= 11 is 0. The first-order valence-corrected chi connectivity index (χ1v) is 7.45. The number of hydrogen-bond donors (Lipinski definition) is 1. The fourth-order valence-corrected chi connectivity index (χ4v) is 2.08. The quantitative estimate of drug-likeness (QED) is 0.786. The monoisotopic (exact) mass is 285 g/mol. The minimum atomic E-state index is 0.398. The largest absolute Gasteiger partial charge is 0.492 e. The van der Waals surface area contributed by atoms with E-state index in [2.05, 4.69) is 12.2 Å². The molecule has 2 rings (SSSR count). The Bertz CT molecular complexity index is 511. The number of ether oxygens (including phenoxy) is 2. The lowest BCUT2D eigenvalue weighted by molar-refractivity contribution is 0.262. The van der Waals surface area contributed by atoms with E-state index in [1.807, 2.05) is 61.6 Å². The molecule has 0 aliphatic heterocycles. The van der Waals surface area contributed by atoms with Crippen molar-refractivity contribution in [3.05, 3.63) is 54.6 Å². The molecular weight excluding hydrogens is 262 g/mol. The molecule has 0 heterocycles. The molecule has 0 saturated heterocycles. The molecule has 0 aromatic heterocycles. The summed E-state index contributed by atoms with van der Waals surface area (Å²) < 4.78 is 11.5. The molecule has 3 heteroatoms. The molecule has 1 unspecified atom stereocenters. The van der Waals surface area contributed by atoms with Crippen molar-refractivity contribution in [1.29, 1.82) is 0 Å². The molecule has 1 atom stereocenters. The van der Waals surface area contributed by atoms with E-state index in [1.165, 1.54) is 0 Å². The number of hydrogen-bond acceptors (Lipinski definition) is 3. The van der Waals surface area contributed by atoms with Crippen molar-refractivity contribution in [3.8, 4) is 17.2 Å². The summed E-state index contributed by atoms with van der Waals surface area (Å²) in [5.41, 5.74) is 0. The molecular formula is C18H23NO2. The molecule has 0 bridgehead atoms. The third kappa shape index (κ3) is 5.12. The van der Waals surface area contributed by atoms with E-state index in [1.54, 1.807) is 0 Å². The summed E-state index contributed by atoms with van der Waals surface area (Å²) in [6.45, 7) is 2.86. The van der Waals surface area contributed by atoms with E-state index in [0.717, 1.165) is 30.1 Å². The van der Waals surface area contributed by atoms with Crippen LogP contribution in [-0.2, 0) is 0 Å². The van der Waals surface area contributed by atoms with Crippen LogP contribution >= 0.6 is 0 Å². The Morgan fingerprint density at radius 3 is 2.14 bits per heavy atom. The van der Waals surface area contributed by atoms with Crippen LogP contribution < -0.4 is 14.8 Å². The SMILES string of the molecule is CCCC(COc1ccc(Oc2ccccc2)cc1)NC. The van der Waals surface area contributed by atoms with Gasteiger partial charge in [-0.1, -0.05) is 31.5 Å². The van der Waals surface area contributed by atoms with Crippen LogP contribution in [0.4, 0.5) is 0 Å². The van der Waals surface area contributed by atoms with Crippen molar-refractivity contribution in [2.75, 3.05) is 13.7 Å². The van der Waals surface area contributed by atoms with Gasteiger partial charge in [-0.2, -0.15) is 0 Å². The molecule has 112 valence electrons. The van der Waals surface area contributed by atoms with Crippen LogP contribution in [0.25, 0.3) is 0 Å². The predicted octanol–water partition coefficient (Wildman–Crippen LogP) is 4.25. The van der Waals surface area contributed by atoms with Crippen LogP contribution in [0.1, 0.15) is 19.8 Å². The van der Waals surface area contributed by atoms with Crippen LogP contribution in [0.15, 0.2) is 54.6 Å². The van der Waals surface area contributed by atoms with Crippen LogP contribution in [0, 0.1) is 0 Å². The van der Waals surface area contributed by atoms with E-state index >= 15 is 0 Å². The van der Waals surface area contributed by atoms with Gasteiger partial charge in [-0.25, -0.2) is 0 Å². The third-order valence-corrected chi connectivity index (χ3v) is 3.30. The molecule has 0 saturated carbocycles. The van der Waals surface area contributed by atoms with Crippen molar-refractivity contribution in [1.82, 2.24) is 5.32 Å². The molecule has 0 spiro atoms. The summed E-state index contributed by atoms with van der Waals surface area (Å²) in [7, 11) is 1.97. The predicted molar refractivity (Wildman–Crippen MR) is 86.2 cm³/mol. The first kappa shape index (κ1) is 15.4. The summed E-state index contributed by atoms with van der Waals surface area (Å²) in [6.07, 6.45) is 2.27. The van der Waals surface area contributed by atoms with Gasteiger partial charge in [0, 0.05) is 6.04 Å². The maximum absolute atomic E-state index is 5.80. The Hall–Kier alpha value is -2.00. The zero-order chi connectivity index (χ0) is 14.9. The molecule has 2 aromatic rings. The number of likely N-dealkylation sites (N-methyl/N-ethyl adjacent to an activating group) is 1. The lowest BCUT2D eigenvalue weighted by Gasteiger charge is -2.16. The van der Waals surface area contributed by atoms with Gasteiger partial charge in [0.05, 0.1) is 0 Å². The van der Waals surface area contributed by atoms with Crippen molar-refractivity contribution < 1.29 is 9.47 Å². The maximum atomic E-state index is 5.80. The Morgan fingerprint density at radius 1 is 0.905 bits per heavy atom. The standard InChI is InChI=1S/C18H23NO2/c1-3-7-15(19-2)14-20-16-10-12-18(13-11-16)21-17-8-5-4-6-9-17/h4-6,8-13,15,19H,3,7,14H2,1-2H3. The Morgan fingerprint density at radius 2 is 1.52 bits per heavy atom. The van der Waals surface area contributed by atoms with Crippen LogP contribution in [0.5, 0.6) is 17.2 Å². The van der Waals surface area contributed by atoms with Crippen LogP contribution in [0.2, 0.25) is 0 Å². The van der Waals surface area contributed by atoms with E-state index < -0.39 is 0 Å². The number of benzene rings is 2. The lowest BCUT2D eigenvalue weighted by atomic mass is 10.2. The Kier molecular flexibility index (Phi) is 6.10. The molecule has 0 aliphatic carbocycles. The molecule has 0 radical (unpaired) electrons. The third-order valence-electron chi connectivity index (χ3n) is 3.30. The number of nitrogens with one attached hydrogen (secondary N) is 1. The first-order valence-electron chi connectivity index (χ1n) is 7.45. The van der Waals surface area contributed by atoms with Crippen molar-refractivity contribution >= 4 is 0 Å². The highest BCUT2D eigenvalue weighted by Crippen LogP contribution is 2.23. The first-order chi connectivity index (χ1) is 10.3. The average Bonchev–Trinajstić information content (AvgIpc) is 2.54. The Balaban J connectivity index is 1.87. The van der Waals surface area contributed by atoms with Crippen LogP contribution in [0.3, 0.4) is 0 Å². The lowest BCUT2D eigenvalue weighted by Crippen LogP contribution is -2.31. The second kappa shape index (κ2) is 8.32. The fraction of sp³-hybridized carbons (Fsp3) is 0.333. The molecule has 1 N–H and O–H groups in total. The van der Waals surface area contributed by atoms with E-state index in [4.69, 9.17) is 9.47 Å². The average molecular weight is 285 g/mol. The zero-order valence-corrected chi connectivity index (χ0v) is 12.7. The number of rotatable bonds is 8. The minimum absolute atomic E-state index is 0.398. The smallest absolute Gasteiger partial charge is 0.127 e. The summed E-state index contributed by atoms with van der Waals surface area (Å²) in [5.74, 6) is 2.52. The van der Waals surface area contributed by atoms with Crippen molar-refractivity contribution in [2.45, 2.75) is 25.8 Å². The van der Waals surface area contributed by atoms with Crippen LogP contribution in [-0.4, -0.2) is 19.7 Å². The summed E-state index contributed by atoms with van der Waals surface area (Å²) in [6, 6.07) is 17.9. The minimum Gasteiger partial charge on any atom is -0.492 e. The molecule has 2 aromatic carbocycles. The van der Waals surface area contributed by atoms with Gasteiger partial charge in [0.2, 0.25) is 0 Å². The molecule has 3 nitrogen and oxygen atoms in total. The Labute approximate surface area is 126 Å². The van der Waals surface area contributed by atoms with Gasteiger partial charge in [-0.15, -0.1) is 0 Å². The highest BCUT2D eigenvalue weighted by Gasteiger charge is 2.05. The van der Waals surface area contributed by atoms with E-state index in [9.17, 15) is 0 Å². The molecule has 21 heavy (non-hydrogen) atoms.